The molecule has 6 heteroatoms. The van der Waals surface area contributed by atoms with Gasteiger partial charge in [-0.15, -0.1) is 10.2 Å². The van der Waals surface area contributed by atoms with Gasteiger partial charge in [-0.05, 0) is 44.7 Å². The maximum atomic E-state index is 12.7. The third-order valence-corrected chi connectivity index (χ3v) is 5.63. The standard InChI is InChI=1S/C19H27N5O/c1-14-7-5-11-17-21-22-19(24(14)17)23-12-6-8-15(13-23)18(25)20-16-9-3-2-4-10-16/h5,7,11,15-16H,2-4,6,8-10,12-13H2,1H3,(H,20,25). The molecule has 2 fully saturated rings. The van der Waals surface area contributed by atoms with Crippen LogP contribution >= 0.6 is 0 Å². The normalized spacial score (nSPS) is 22.3. The van der Waals surface area contributed by atoms with Crippen molar-refractivity contribution in [1.29, 1.82) is 0 Å². The van der Waals surface area contributed by atoms with Crippen LogP contribution in [0.25, 0.3) is 5.65 Å². The van der Waals surface area contributed by atoms with Gasteiger partial charge in [-0.1, -0.05) is 25.3 Å². The highest BCUT2D eigenvalue weighted by molar-refractivity contribution is 5.79. The smallest absolute Gasteiger partial charge is 0.231 e. The lowest BCUT2D eigenvalue weighted by atomic mass is 9.93. The number of nitrogens with zero attached hydrogens (tertiary/aromatic N) is 4. The van der Waals surface area contributed by atoms with Gasteiger partial charge in [-0.25, -0.2) is 0 Å². The van der Waals surface area contributed by atoms with E-state index < -0.39 is 0 Å². The number of amides is 1. The molecule has 2 aliphatic rings. The topological polar surface area (TPSA) is 62.5 Å². The highest BCUT2D eigenvalue weighted by atomic mass is 16.2. The number of rotatable bonds is 3. The Hall–Kier alpha value is -2.11. The van der Waals surface area contributed by atoms with Crippen LogP contribution in [0, 0.1) is 12.8 Å². The van der Waals surface area contributed by atoms with Crippen LogP contribution in [0.3, 0.4) is 0 Å². The van der Waals surface area contributed by atoms with Crippen molar-refractivity contribution in [2.75, 3.05) is 18.0 Å². The first kappa shape index (κ1) is 16.4. The summed E-state index contributed by atoms with van der Waals surface area (Å²) < 4.78 is 2.08. The Balaban J connectivity index is 1.47. The number of hydrogen-bond donors (Lipinski definition) is 1. The van der Waals surface area contributed by atoms with Crippen LogP contribution in [0.5, 0.6) is 0 Å². The monoisotopic (exact) mass is 341 g/mol. The van der Waals surface area contributed by atoms with E-state index >= 15 is 0 Å². The Labute approximate surface area is 148 Å². The van der Waals surface area contributed by atoms with E-state index in [0.717, 1.165) is 56.1 Å². The van der Waals surface area contributed by atoms with E-state index in [1.807, 2.05) is 12.1 Å². The molecule has 0 bridgehead atoms. The third kappa shape index (κ3) is 3.34. The second kappa shape index (κ2) is 7.02. The van der Waals surface area contributed by atoms with Crippen LogP contribution in [-0.4, -0.2) is 39.6 Å². The van der Waals surface area contributed by atoms with E-state index in [4.69, 9.17) is 0 Å². The number of aryl methyl sites for hydroxylation is 1. The van der Waals surface area contributed by atoms with Gasteiger partial charge < -0.3 is 10.2 Å². The van der Waals surface area contributed by atoms with Gasteiger partial charge >= 0.3 is 0 Å². The van der Waals surface area contributed by atoms with Crippen molar-refractivity contribution in [3.63, 3.8) is 0 Å². The molecule has 1 saturated carbocycles. The molecule has 0 spiro atoms. The van der Waals surface area contributed by atoms with Crippen molar-refractivity contribution in [2.45, 2.75) is 57.9 Å². The van der Waals surface area contributed by atoms with Gasteiger partial charge in [0.25, 0.3) is 0 Å². The molecule has 4 rings (SSSR count). The molecular formula is C19H27N5O. The molecule has 134 valence electrons. The second-order valence-corrected chi connectivity index (χ2v) is 7.49. The fourth-order valence-electron chi connectivity index (χ4n) is 4.23. The van der Waals surface area contributed by atoms with Crippen molar-refractivity contribution in [2.24, 2.45) is 5.92 Å². The molecule has 1 aliphatic carbocycles. The maximum absolute atomic E-state index is 12.7. The highest BCUT2D eigenvalue weighted by Crippen LogP contribution is 2.24. The molecule has 2 aromatic rings. The van der Waals surface area contributed by atoms with Gasteiger partial charge in [0.1, 0.15) is 0 Å². The minimum absolute atomic E-state index is 0.0482. The second-order valence-electron chi connectivity index (χ2n) is 7.49. The molecule has 0 aromatic carbocycles. The summed E-state index contributed by atoms with van der Waals surface area (Å²) in [7, 11) is 0. The van der Waals surface area contributed by atoms with E-state index in [1.165, 1.54) is 19.3 Å². The predicted octanol–water partition coefficient (Wildman–Crippen LogP) is 2.70. The Morgan fingerprint density at radius 2 is 1.96 bits per heavy atom. The van der Waals surface area contributed by atoms with Crippen LogP contribution in [0.4, 0.5) is 5.95 Å². The number of carbonyl (C=O) groups is 1. The number of hydrogen-bond acceptors (Lipinski definition) is 4. The van der Waals surface area contributed by atoms with Gasteiger partial charge in [-0.2, -0.15) is 0 Å². The summed E-state index contributed by atoms with van der Waals surface area (Å²) in [5.74, 6) is 1.14. The average Bonchev–Trinajstić information content (AvgIpc) is 3.08. The maximum Gasteiger partial charge on any atom is 0.231 e. The van der Waals surface area contributed by atoms with Crippen LogP contribution in [0.15, 0.2) is 18.2 Å². The first-order valence-electron chi connectivity index (χ1n) is 9.58. The van der Waals surface area contributed by atoms with Crippen molar-refractivity contribution < 1.29 is 4.79 Å². The fraction of sp³-hybridized carbons (Fsp3) is 0.632. The summed E-state index contributed by atoms with van der Waals surface area (Å²) >= 11 is 0. The molecule has 0 radical (unpaired) electrons. The largest absolute Gasteiger partial charge is 0.353 e. The van der Waals surface area contributed by atoms with Gasteiger partial charge in [0.05, 0.1) is 5.92 Å². The summed E-state index contributed by atoms with van der Waals surface area (Å²) in [6.45, 7) is 3.73. The molecule has 1 unspecified atom stereocenters. The fourth-order valence-corrected chi connectivity index (χ4v) is 4.23. The first-order valence-corrected chi connectivity index (χ1v) is 9.58. The van der Waals surface area contributed by atoms with Crippen LogP contribution in [-0.2, 0) is 4.79 Å². The molecular weight excluding hydrogens is 314 g/mol. The lowest BCUT2D eigenvalue weighted by Crippen LogP contribution is -2.46. The molecule has 3 heterocycles. The van der Waals surface area contributed by atoms with Gasteiger partial charge in [0.15, 0.2) is 5.65 Å². The quantitative estimate of drug-likeness (QED) is 0.932. The van der Waals surface area contributed by atoms with E-state index in [1.54, 1.807) is 0 Å². The van der Waals surface area contributed by atoms with E-state index in [0.29, 0.717) is 6.04 Å². The van der Waals surface area contributed by atoms with Crippen LogP contribution < -0.4 is 10.2 Å². The summed E-state index contributed by atoms with van der Waals surface area (Å²) in [6.07, 6.45) is 8.04. The van der Waals surface area contributed by atoms with Crippen LogP contribution in [0.1, 0.15) is 50.6 Å². The van der Waals surface area contributed by atoms with Gasteiger partial charge in [0, 0.05) is 24.8 Å². The molecule has 25 heavy (non-hydrogen) atoms. The summed E-state index contributed by atoms with van der Waals surface area (Å²) in [5, 5.41) is 12.0. The Kier molecular flexibility index (Phi) is 4.59. The van der Waals surface area contributed by atoms with Crippen molar-refractivity contribution in [3.05, 3.63) is 23.9 Å². The van der Waals surface area contributed by atoms with Crippen LogP contribution in [0.2, 0.25) is 0 Å². The average molecular weight is 341 g/mol. The lowest BCUT2D eigenvalue weighted by Gasteiger charge is -2.33. The Morgan fingerprint density at radius 3 is 2.80 bits per heavy atom. The first-order chi connectivity index (χ1) is 12.2. The summed E-state index contributed by atoms with van der Waals surface area (Å²) in [5.41, 5.74) is 1.98. The zero-order chi connectivity index (χ0) is 17.2. The number of fused-ring (bicyclic) bond motifs is 1. The number of carbonyl (C=O) groups excluding carboxylic acids is 1. The number of piperidine rings is 1. The summed E-state index contributed by atoms with van der Waals surface area (Å²) in [4.78, 5) is 15.0. The molecule has 1 N–H and O–H groups in total. The predicted molar refractivity (Wildman–Crippen MR) is 97.7 cm³/mol. The molecule has 1 saturated heterocycles. The number of aromatic nitrogens is 3. The SMILES string of the molecule is Cc1cccc2nnc(N3CCCC(C(=O)NC4CCCCC4)C3)n12. The Bertz CT molecular complexity index is 749. The molecule has 1 amide bonds. The molecule has 6 nitrogen and oxygen atoms in total. The molecule has 2 aromatic heterocycles. The van der Waals surface area contributed by atoms with Crippen molar-refractivity contribution in [1.82, 2.24) is 19.9 Å². The van der Waals surface area contributed by atoms with Crippen molar-refractivity contribution >= 4 is 17.5 Å². The number of anilines is 1. The van der Waals surface area contributed by atoms with E-state index in [2.05, 4.69) is 37.8 Å². The molecule has 1 aliphatic heterocycles. The van der Waals surface area contributed by atoms with Crippen molar-refractivity contribution in [3.8, 4) is 0 Å². The third-order valence-electron chi connectivity index (χ3n) is 5.63. The molecule has 1 atom stereocenters. The van der Waals surface area contributed by atoms with Gasteiger partial charge in [0.2, 0.25) is 11.9 Å². The Morgan fingerprint density at radius 1 is 1.12 bits per heavy atom. The number of pyridine rings is 1. The highest BCUT2D eigenvalue weighted by Gasteiger charge is 2.29. The zero-order valence-electron chi connectivity index (χ0n) is 14.9. The zero-order valence-corrected chi connectivity index (χ0v) is 14.9. The van der Waals surface area contributed by atoms with E-state index in [-0.39, 0.29) is 11.8 Å². The lowest BCUT2D eigenvalue weighted by molar-refractivity contribution is -0.126. The minimum Gasteiger partial charge on any atom is -0.353 e. The van der Waals surface area contributed by atoms with Gasteiger partial charge in [-0.3, -0.25) is 9.20 Å². The van der Waals surface area contributed by atoms with E-state index in [9.17, 15) is 4.79 Å². The summed E-state index contributed by atoms with van der Waals surface area (Å²) in [6, 6.07) is 6.42. The number of nitrogens with one attached hydrogen (secondary N) is 1. The minimum atomic E-state index is 0.0482.